The van der Waals surface area contributed by atoms with E-state index in [-0.39, 0.29) is 5.75 Å². The molecule has 0 aliphatic heterocycles. The van der Waals surface area contributed by atoms with Crippen LogP contribution in [0, 0.1) is 0 Å². The van der Waals surface area contributed by atoms with Crippen molar-refractivity contribution >= 4 is 17.2 Å². The first-order valence-corrected chi connectivity index (χ1v) is 5.50. The molecule has 0 saturated carbocycles. The van der Waals surface area contributed by atoms with E-state index in [0.29, 0.717) is 5.56 Å². The molecule has 3 rings (SSSR count). The third-order valence-electron chi connectivity index (χ3n) is 2.83. The molecule has 4 nitrogen and oxygen atoms in total. The number of carbonyl (C=O) groups excluding carboxylic acids is 1. The van der Waals surface area contributed by atoms with Crippen molar-refractivity contribution < 1.29 is 9.90 Å². The standard InChI is InChI=1S/C14H10N2O2/c17-9-10-1-2-11-8-15-16(14(11)7-10)12-3-5-13(18)6-4-12/h1-9,18H. The van der Waals surface area contributed by atoms with E-state index in [1.807, 2.05) is 6.07 Å². The Hall–Kier alpha value is -2.62. The third kappa shape index (κ3) is 1.64. The molecule has 1 aromatic heterocycles. The molecule has 1 heterocycles. The second-order valence-electron chi connectivity index (χ2n) is 4.01. The number of benzene rings is 2. The summed E-state index contributed by atoms with van der Waals surface area (Å²) in [6, 6.07) is 12.2. The molecule has 0 saturated heterocycles. The molecule has 0 aliphatic rings. The van der Waals surface area contributed by atoms with Crippen LogP contribution in [-0.4, -0.2) is 21.2 Å². The average molecular weight is 238 g/mol. The predicted molar refractivity (Wildman–Crippen MR) is 68.1 cm³/mol. The molecule has 4 heteroatoms. The van der Waals surface area contributed by atoms with Gasteiger partial charge in [0, 0.05) is 10.9 Å². The zero-order chi connectivity index (χ0) is 12.5. The molecular formula is C14H10N2O2. The topological polar surface area (TPSA) is 55.1 Å². The van der Waals surface area contributed by atoms with Gasteiger partial charge in [-0.2, -0.15) is 5.10 Å². The van der Waals surface area contributed by atoms with Gasteiger partial charge in [0.15, 0.2) is 0 Å². The number of aromatic nitrogens is 2. The van der Waals surface area contributed by atoms with Crippen molar-refractivity contribution in [3.8, 4) is 11.4 Å². The van der Waals surface area contributed by atoms with Crippen LogP contribution in [0.5, 0.6) is 5.75 Å². The Bertz CT molecular complexity index is 714. The van der Waals surface area contributed by atoms with E-state index in [1.165, 1.54) is 0 Å². The van der Waals surface area contributed by atoms with E-state index < -0.39 is 0 Å². The quantitative estimate of drug-likeness (QED) is 0.698. The van der Waals surface area contributed by atoms with Gasteiger partial charge in [-0.15, -0.1) is 0 Å². The van der Waals surface area contributed by atoms with Crippen molar-refractivity contribution in [1.82, 2.24) is 9.78 Å². The molecule has 0 atom stereocenters. The molecule has 0 spiro atoms. The van der Waals surface area contributed by atoms with Crippen LogP contribution in [0.15, 0.2) is 48.7 Å². The van der Waals surface area contributed by atoms with Gasteiger partial charge in [0.05, 0.1) is 17.4 Å². The van der Waals surface area contributed by atoms with E-state index in [2.05, 4.69) is 5.10 Å². The molecule has 0 bridgehead atoms. The van der Waals surface area contributed by atoms with Crippen LogP contribution in [0.3, 0.4) is 0 Å². The summed E-state index contributed by atoms with van der Waals surface area (Å²) in [4.78, 5) is 10.8. The Morgan fingerprint density at radius 2 is 1.89 bits per heavy atom. The molecule has 1 N–H and O–H groups in total. The lowest BCUT2D eigenvalue weighted by molar-refractivity contribution is 0.112. The number of aldehydes is 1. The van der Waals surface area contributed by atoms with Crippen LogP contribution in [0.2, 0.25) is 0 Å². The summed E-state index contributed by atoms with van der Waals surface area (Å²) in [7, 11) is 0. The normalized spacial score (nSPS) is 10.7. The largest absolute Gasteiger partial charge is 0.508 e. The van der Waals surface area contributed by atoms with Gasteiger partial charge in [0.1, 0.15) is 12.0 Å². The highest BCUT2D eigenvalue weighted by Crippen LogP contribution is 2.20. The lowest BCUT2D eigenvalue weighted by Gasteiger charge is -2.03. The fourth-order valence-electron chi connectivity index (χ4n) is 1.91. The van der Waals surface area contributed by atoms with Crippen LogP contribution in [0.4, 0.5) is 0 Å². The minimum atomic E-state index is 0.212. The number of carbonyl (C=O) groups is 1. The van der Waals surface area contributed by atoms with E-state index >= 15 is 0 Å². The summed E-state index contributed by atoms with van der Waals surface area (Å²) in [6.07, 6.45) is 2.56. The van der Waals surface area contributed by atoms with Gasteiger partial charge in [0.25, 0.3) is 0 Å². The zero-order valence-electron chi connectivity index (χ0n) is 9.45. The molecule has 0 aliphatic carbocycles. The SMILES string of the molecule is O=Cc1ccc2cnn(-c3ccc(O)cc3)c2c1. The van der Waals surface area contributed by atoms with Gasteiger partial charge in [-0.25, -0.2) is 4.68 Å². The second-order valence-corrected chi connectivity index (χ2v) is 4.01. The summed E-state index contributed by atoms with van der Waals surface area (Å²) in [5.41, 5.74) is 2.32. The van der Waals surface area contributed by atoms with E-state index in [4.69, 9.17) is 0 Å². The van der Waals surface area contributed by atoms with Crippen LogP contribution in [0.1, 0.15) is 10.4 Å². The number of nitrogens with zero attached hydrogens (tertiary/aromatic N) is 2. The van der Waals surface area contributed by atoms with E-state index in [0.717, 1.165) is 22.9 Å². The van der Waals surface area contributed by atoms with Crippen LogP contribution >= 0.6 is 0 Å². The number of phenols is 1. The molecule has 2 aromatic carbocycles. The van der Waals surface area contributed by atoms with Crippen molar-refractivity contribution in [2.75, 3.05) is 0 Å². The lowest BCUT2D eigenvalue weighted by Crippen LogP contribution is -1.95. The maximum Gasteiger partial charge on any atom is 0.150 e. The Kier molecular flexibility index (Phi) is 2.34. The van der Waals surface area contributed by atoms with Gasteiger partial charge in [0.2, 0.25) is 0 Å². The molecule has 0 radical (unpaired) electrons. The summed E-state index contributed by atoms with van der Waals surface area (Å²) in [5, 5.41) is 14.5. The Morgan fingerprint density at radius 1 is 1.11 bits per heavy atom. The Labute approximate surface area is 103 Å². The third-order valence-corrected chi connectivity index (χ3v) is 2.83. The minimum absolute atomic E-state index is 0.212. The molecule has 88 valence electrons. The number of phenolic OH excluding ortho intramolecular Hbond substituents is 1. The summed E-state index contributed by atoms with van der Waals surface area (Å²) in [6.45, 7) is 0. The first kappa shape index (κ1) is 10.5. The van der Waals surface area contributed by atoms with Gasteiger partial charge in [-0.3, -0.25) is 4.79 Å². The van der Waals surface area contributed by atoms with Crippen molar-refractivity contribution in [3.05, 3.63) is 54.2 Å². The van der Waals surface area contributed by atoms with E-state index in [1.54, 1.807) is 47.3 Å². The molecule has 0 unspecified atom stereocenters. The summed E-state index contributed by atoms with van der Waals surface area (Å²) < 4.78 is 1.74. The number of hydrogen-bond donors (Lipinski definition) is 1. The van der Waals surface area contributed by atoms with Gasteiger partial charge in [-0.1, -0.05) is 12.1 Å². The van der Waals surface area contributed by atoms with E-state index in [9.17, 15) is 9.90 Å². The van der Waals surface area contributed by atoms with Crippen LogP contribution in [0.25, 0.3) is 16.6 Å². The van der Waals surface area contributed by atoms with Crippen molar-refractivity contribution in [2.24, 2.45) is 0 Å². The molecule has 0 fully saturated rings. The first-order valence-electron chi connectivity index (χ1n) is 5.50. The summed E-state index contributed by atoms with van der Waals surface area (Å²) in [5.74, 6) is 0.212. The zero-order valence-corrected chi connectivity index (χ0v) is 9.45. The predicted octanol–water partition coefficient (Wildman–Crippen LogP) is 2.54. The van der Waals surface area contributed by atoms with Crippen molar-refractivity contribution in [1.29, 1.82) is 0 Å². The van der Waals surface area contributed by atoms with Gasteiger partial charge < -0.3 is 5.11 Å². The maximum absolute atomic E-state index is 10.8. The highest BCUT2D eigenvalue weighted by Gasteiger charge is 2.05. The Morgan fingerprint density at radius 3 is 2.61 bits per heavy atom. The van der Waals surface area contributed by atoms with Gasteiger partial charge in [-0.05, 0) is 30.3 Å². The highest BCUT2D eigenvalue weighted by atomic mass is 16.3. The average Bonchev–Trinajstić information content (AvgIpc) is 2.82. The number of aromatic hydroxyl groups is 1. The minimum Gasteiger partial charge on any atom is -0.508 e. The second kappa shape index (κ2) is 4.00. The van der Waals surface area contributed by atoms with Gasteiger partial charge >= 0.3 is 0 Å². The first-order chi connectivity index (χ1) is 8.78. The molecule has 18 heavy (non-hydrogen) atoms. The number of rotatable bonds is 2. The number of fused-ring (bicyclic) bond motifs is 1. The Balaban J connectivity index is 2.22. The van der Waals surface area contributed by atoms with Crippen molar-refractivity contribution in [3.63, 3.8) is 0 Å². The van der Waals surface area contributed by atoms with Crippen molar-refractivity contribution in [2.45, 2.75) is 0 Å². The van der Waals surface area contributed by atoms with Crippen LogP contribution in [-0.2, 0) is 0 Å². The molecule has 3 aromatic rings. The summed E-state index contributed by atoms with van der Waals surface area (Å²) >= 11 is 0. The fraction of sp³-hybridized carbons (Fsp3) is 0. The number of hydrogen-bond acceptors (Lipinski definition) is 3. The fourth-order valence-corrected chi connectivity index (χ4v) is 1.91. The molecule has 0 amide bonds. The highest BCUT2D eigenvalue weighted by molar-refractivity contribution is 5.87. The monoisotopic (exact) mass is 238 g/mol. The van der Waals surface area contributed by atoms with Crippen LogP contribution < -0.4 is 0 Å². The lowest BCUT2D eigenvalue weighted by atomic mass is 10.2. The smallest absolute Gasteiger partial charge is 0.150 e. The maximum atomic E-state index is 10.8. The molecular weight excluding hydrogens is 228 g/mol.